The van der Waals surface area contributed by atoms with Crippen molar-refractivity contribution >= 4 is 35.2 Å². The third kappa shape index (κ3) is 4.00. The first-order valence-electron chi connectivity index (χ1n) is 14.5. The van der Waals surface area contributed by atoms with E-state index in [0.29, 0.717) is 19.5 Å². The molecule has 6 atom stereocenters. The molecule has 7 nitrogen and oxygen atoms in total. The second-order valence-corrected chi connectivity index (χ2v) is 13.6. The first-order valence-corrected chi connectivity index (χ1v) is 15.3. The Labute approximate surface area is 235 Å². The Bertz CT molecular complexity index is 1190. The quantitative estimate of drug-likeness (QED) is 0.566. The minimum atomic E-state index is -0.876. The molecule has 1 aromatic carbocycles. The summed E-state index contributed by atoms with van der Waals surface area (Å²) in [5.74, 6) is -1.61. The summed E-state index contributed by atoms with van der Waals surface area (Å²) < 4.78 is -1.52. The number of benzene rings is 1. The van der Waals surface area contributed by atoms with Gasteiger partial charge in [-0.05, 0) is 38.3 Å². The maximum Gasteiger partial charge on any atom is 0.247 e. The van der Waals surface area contributed by atoms with Crippen LogP contribution in [0.25, 0.3) is 0 Å². The summed E-state index contributed by atoms with van der Waals surface area (Å²) in [4.78, 5) is 49.0. The summed E-state index contributed by atoms with van der Waals surface area (Å²) >= 11 is 1.61. The van der Waals surface area contributed by atoms with Crippen LogP contribution in [0.15, 0.2) is 54.6 Å². The van der Waals surface area contributed by atoms with Crippen molar-refractivity contribution in [3.63, 3.8) is 0 Å². The van der Waals surface area contributed by atoms with Gasteiger partial charge >= 0.3 is 0 Å². The standard InChI is InChI=1S/C31H39N3O4S/c1-3-21(20-35)34-26-29(38)33(23-14-8-5-9-15-23)19-11-17-31(26)25(28(34)37)24-27(36)32(22-12-6-4-7-13-22)18-10-16-30(24,2)39-31/h4,6-7,10-13,16-17,21,23-26,35H,3,5,8-9,14-15,18-20H2,1-2H3/t21-,24-,25-,26?,30+,31-/m0/s1. The van der Waals surface area contributed by atoms with E-state index in [1.54, 1.807) is 21.6 Å². The number of thioether (sulfide) groups is 1. The van der Waals surface area contributed by atoms with Gasteiger partial charge in [-0.3, -0.25) is 14.4 Å². The molecule has 1 aliphatic carbocycles. The van der Waals surface area contributed by atoms with Crippen LogP contribution in [0.2, 0.25) is 0 Å². The SMILES string of the molecule is CC[C@@H](CO)N1C(=O)[C@@H]2[C@H]3C(=O)N(c4ccccc4)CC=C[C@@]3(C)S[C@@]23C=CCN(C2CCCCC2)C(=O)C13. The number of hydrogen-bond donors (Lipinski definition) is 1. The van der Waals surface area contributed by atoms with E-state index in [-0.39, 0.29) is 30.4 Å². The Morgan fingerprint density at radius 3 is 2.36 bits per heavy atom. The lowest BCUT2D eigenvalue weighted by atomic mass is 9.74. The molecule has 0 bridgehead atoms. The molecule has 6 rings (SSSR count). The lowest BCUT2D eigenvalue weighted by Crippen LogP contribution is -2.58. The van der Waals surface area contributed by atoms with Crippen LogP contribution in [-0.2, 0) is 14.4 Å². The zero-order chi connectivity index (χ0) is 27.4. The Hall–Kier alpha value is -2.58. The van der Waals surface area contributed by atoms with E-state index in [1.165, 1.54) is 6.42 Å². The van der Waals surface area contributed by atoms with Gasteiger partial charge in [0, 0.05) is 29.6 Å². The Morgan fingerprint density at radius 2 is 1.67 bits per heavy atom. The molecule has 3 fully saturated rings. The van der Waals surface area contributed by atoms with Gasteiger partial charge < -0.3 is 19.8 Å². The largest absolute Gasteiger partial charge is 0.394 e. The van der Waals surface area contributed by atoms with Crippen LogP contribution in [0.3, 0.4) is 0 Å². The van der Waals surface area contributed by atoms with E-state index in [4.69, 9.17) is 0 Å². The Morgan fingerprint density at radius 1 is 0.949 bits per heavy atom. The molecule has 2 saturated heterocycles. The summed E-state index contributed by atoms with van der Waals surface area (Å²) in [6.07, 6.45) is 14.2. The van der Waals surface area contributed by atoms with Crippen molar-refractivity contribution < 1.29 is 19.5 Å². The van der Waals surface area contributed by atoms with E-state index in [9.17, 15) is 19.5 Å². The molecule has 0 radical (unpaired) electrons. The van der Waals surface area contributed by atoms with Gasteiger partial charge in [-0.25, -0.2) is 0 Å². The molecule has 3 amide bonds. The van der Waals surface area contributed by atoms with Crippen molar-refractivity contribution in [1.29, 1.82) is 0 Å². The van der Waals surface area contributed by atoms with Crippen LogP contribution < -0.4 is 4.90 Å². The molecule has 4 aliphatic heterocycles. The number of carbonyl (C=O) groups excluding carboxylic acids is 3. The van der Waals surface area contributed by atoms with Crippen LogP contribution in [0.1, 0.15) is 52.4 Å². The Balaban J connectivity index is 1.47. The van der Waals surface area contributed by atoms with Crippen molar-refractivity contribution in [3.05, 3.63) is 54.6 Å². The molecule has 0 aromatic heterocycles. The fourth-order valence-corrected chi connectivity index (χ4v) is 9.99. The minimum Gasteiger partial charge on any atom is -0.394 e. The smallest absolute Gasteiger partial charge is 0.247 e. The zero-order valence-electron chi connectivity index (χ0n) is 22.9. The maximum atomic E-state index is 14.6. The maximum absolute atomic E-state index is 14.6. The Kier molecular flexibility index (Phi) is 6.91. The van der Waals surface area contributed by atoms with Crippen LogP contribution in [0.5, 0.6) is 0 Å². The number of likely N-dealkylation sites (tertiary alicyclic amines) is 1. The molecule has 1 N–H and O–H groups in total. The molecule has 1 aromatic rings. The van der Waals surface area contributed by atoms with E-state index >= 15 is 0 Å². The highest BCUT2D eigenvalue weighted by Crippen LogP contribution is 2.66. The molecule has 1 saturated carbocycles. The van der Waals surface area contributed by atoms with Crippen molar-refractivity contribution in [1.82, 2.24) is 9.80 Å². The van der Waals surface area contributed by atoms with Gasteiger partial charge in [0.15, 0.2) is 0 Å². The van der Waals surface area contributed by atoms with E-state index < -0.39 is 33.4 Å². The molecular weight excluding hydrogens is 510 g/mol. The number of rotatable bonds is 5. The van der Waals surface area contributed by atoms with Gasteiger partial charge in [0.05, 0.1) is 29.2 Å². The average molecular weight is 550 g/mol. The lowest BCUT2D eigenvalue weighted by Gasteiger charge is -2.41. The molecule has 1 unspecified atom stereocenters. The number of amides is 3. The molecular formula is C31H39N3O4S. The number of hydrogen-bond acceptors (Lipinski definition) is 5. The summed E-state index contributed by atoms with van der Waals surface area (Å²) in [6.45, 7) is 4.75. The van der Waals surface area contributed by atoms with Gasteiger partial charge in [0.2, 0.25) is 17.7 Å². The van der Waals surface area contributed by atoms with Gasteiger partial charge in [-0.2, -0.15) is 0 Å². The second-order valence-electron chi connectivity index (χ2n) is 11.9. The first-order chi connectivity index (χ1) is 18.9. The normalized spacial score (nSPS) is 35.5. The van der Waals surface area contributed by atoms with Gasteiger partial charge in [-0.1, -0.05) is 68.7 Å². The van der Waals surface area contributed by atoms with Crippen molar-refractivity contribution in [2.75, 3.05) is 24.6 Å². The highest BCUT2D eigenvalue weighted by atomic mass is 32.2. The van der Waals surface area contributed by atoms with Crippen LogP contribution in [0.4, 0.5) is 5.69 Å². The fraction of sp³-hybridized carbons (Fsp3) is 0.581. The topological polar surface area (TPSA) is 81.2 Å². The number of carbonyl (C=O) groups is 3. The predicted octanol–water partition coefficient (Wildman–Crippen LogP) is 3.78. The monoisotopic (exact) mass is 549 g/mol. The van der Waals surface area contributed by atoms with Gasteiger partial charge in [0.25, 0.3) is 0 Å². The van der Waals surface area contributed by atoms with Crippen LogP contribution >= 0.6 is 11.8 Å². The molecule has 208 valence electrons. The number of aliphatic hydroxyl groups is 1. The number of nitrogens with zero attached hydrogens (tertiary/aromatic N) is 3. The summed E-state index contributed by atoms with van der Waals surface area (Å²) in [6, 6.07) is 8.56. The van der Waals surface area contributed by atoms with Gasteiger partial charge in [-0.15, -0.1) is 11.8 Å². The van der Waals surface area contributed by atoms with E-state index in [0.717, 1.165) is 31.4 Å². The second kappa shape index (κ2) is 10.1. The molecule has 39 heavy (non-hydrogen) atoms. The summed E-state index contributed by atoms with van der Waals surface area (Å²) in [5.41, 5.74) is 0.805. The number of anilines is 1. The van der Waals surface area contributed by atoms with Crippen molar-refractivity contribution in [2.24, 2.45) is 11.8 Å². The summed E-state index contributed by atoms with van der Waals surface area (Å²) in [7, 11) is 0. The average Bonchev–Trinajstić information content (AvgIpc) is 3.22. The zero-order valence-corrected chi connectivity index (χ0v) is 23.7. The third-order valence-electron chi connectivity index (χ3n) is 9.68. The number of aliphatic hydroxyl groups excluding tert-OH is 1. The minimum absolute atomic E-state index is 0.0291. The highest BCUT2D eigenvalue weighted by Gasteiger charge is 2.74. The predicted molar refractivity (Wildman–Crippen MR) is 153 cm³/mol. The molecule has 1 spiro atoms. The number of para-hydroxylation sites is 1. The van der Waals surface area contributed by atoms with E-state index in [1.807, 2.05) is 48.2 Å². The van der Waals surface area contributed by atoms with Crippen LogP contribution in [-0.4, -0.2) is 79.9 Å². The molecule has 5 aliphatic rings. The number of fused-ring (bicyclic) bond motifs is 2. The first kappa shape index (κ1) is 26.6. The van der Waals surface area contributed by atoms with Crippen molar-refractivity contribution in [2.45, 2.75) is 80.0 Å². The highest BCUT2D eigenvalue weighted by molar-refractivity contribution is 8.02. The van der Waals surface area contributed by atoms with Gasteiger partial charge in [0.1, 0.15) is 6.04 Å². The van der Waals surface area contributed by atoms with Crippen LogP contribution in [0, 0.1) is 11.8 Å². The molecule has 8 heteroatoms. The lowest BCUT2D eigenvalue weighted by molar-refractivity contribution is -0.147. The van der Waals surface area contributed by atoms with E-state index in [2.05, 4.69) is 25.2 Å². The fourth-order valence-electron chi connectivity index (χ4n) is 7.85. The summed E-state index contributed by atoms with van der Waals surface area (Å²) in [5, 5.41) is 10.4. The van der Waals surface area contributed by atoms with Crippen molar-refractivity contribution in [3.8, 4) is 0 Å². The third-order valence-corrected chi connectivity index (χ3v) is 11.5. The molecule has 4 heterocycles.